The molecular weight excluding hydrogens is 343 g/mol. The number of carbonyl (C=O) groups is 1. The van der Waals surface area contributed by atoms with E-state index in [2.05, 4.69) is 19.2 Å². The summed E-state index contributed by atoms with van der Waals surface area (Å²) < 4.78 is 44.6. The first kappa shape index (κ1) is 18.0. The minimum atomic E-state index is -4.53. The van der Waals surface area contributed by atoms with Gasteiger partial charge in [0, 0.05) is 10.9 Å². The molecule has 1 aromatic heterocycles. The highest BCUT2D eigenvalue weighted by Gasteiger charge is 2.33. The molecule has 0 aliphatic heterocycles. The second-order valence-electron chi connectivity index (χ2n) is 6.44. The summed E-state index contributed by atoms with van der Waals surface area (Å²) in [6.07, 6.45) is -3.12. The summed E-state index contributed by atoms with van der Waals surface area (Å²) in [5.74, 6) is -0.214. The van der Waals surface area contributed by atoms with Gasteiger partial charge in [-0.25, -0.2) is 0 Å². The van der Waals surface area contributed by atoms with E-state index >= 15 is 0 Å². The van der Waals surface area contributed by atoms with Crippen molar-refractivity contribution in [1.29, 1.82) is 0 Å². The Morgan fingerprint density at radius 3 is 2.58 bits per heavy atom. The van der Waals surface area contributed by atoms with Crippen LogP contribution in [0.15, 0.2) is 53.1 Å². The minimum Gasteiger partial charge on any atom is -0.464 e. The topological polar surface area (TPSA) is 42.2 Å². The smallest absolute Gasteiger partial charge is 0.418 e. The van der Waals surface area contributed by atoms with Crippen molar-refractivity contribution in [3.63, 3.8) is 0 Å². The lowest BCUT2D eigenvalue weighted by Crippen LogP contribution is -2.18. The predicted molar refractivity (Wildman–Crippen MR) is 94.1 cm³/mol. The zero-order valence-electron chi connectivity index (χ0n) is 14.4. The first-order valence-electron chi connectivity index (χ1n) is 8.22. The van der Waals surface area contributed by atoms with Crippen LogP contribution in [0.5, 0.6) is 0 Å². The second kappa shape index (κ2) is 6.86. The van der Waals surface area contributed by atoms with Crippen LogP contribution in [0.2, 0.25) is 0 Å². The number of nitrogens with one attached hydrogen (secondary N) is 1. The van der Waals surface area contributed by atoms with Crippen molar-refractivity contribution in [1.82, 2.24) is 0 Å². The zero-order chi connectivity index (χ0) is 18.9. The fourth-order valence-electron chi connectivity index (χ4n) is 2.80. The number of amides is 1. The fraction of sp³-hybridized carbons (Fsp3) is 0.250. The quantitative estimate of drug-likeness (QED) is 0.642. The van der Waals surface area contributed by atoms with Crippen molar-refractivity contribution < 1.29 is 22.4 Å². The summed E-state index contributed by atoms with van der Waals surface area (Å²) in [7, 11) is 0. The lowest BCUT2D eigenvalue weighted by molar-refractivity contribution is -0.137. The standard InChI is InChI=1S/C20H18F3NO2/c1-12(2)13-7-8-18-15(9-13)14(11-26-18)10-19(25)24-17-6-4-3-5-16(17)20(21,22)23/h3-9,11-12H,10H2,1-2H3,(H,24,25). The number of hydrogen-bond donors (Lipinski definition) is 1. The van der Waals surface area contributed by atoms with Gasteiger partial charge in [0.1, 0.15) is 5.58 Å². The van der Waals surface area contributed by atoms with Crippen molar-refractivity contribution in [3.8, 4) is 0 Å². The van der Waals surface area contributed by atoms with Crippen LogP contribution in [0.25, 0.3) is 11.0 Å². The Balaban J connectivity index is 1.83. The van der Waals surface area contributed by atoms with E-state index in [1.54, 1.807) is 0 Å². The Bertz CT molecular complexity index is 942. The van der Waals surface area contributed by atoms with Crippen molar-refractivity contribution in [2.24, 2.45) is 0 Å². The molecule has 26 heavy (non-hydrogen) atoms. The van der Waals surface area contributed by atoms with Gasteiger partial charge in [-0.15, -0.1) is 0 Å². The first-order chi connectivity index (χ1) is 12.3. The molecule has 0 spiro atoms. The third-order valence-corrected chi connectivity index (χ3v) is 4.20. The molecule has 1 heterocycles. The Hall–Kier alpha value is -2.76. The van der Waals surface area contributed by atoms with Crippen LogP contribution in [0, 0.1) is 0 Å². The van der Waals surface area contributed by atoms with Gasteiger partial charge in [-0.2, -0.15) is 13.2 Å². The molecule has 1 N–H and O–H groups in total. The van der Waals surface area contributed by atoms with Gasteiger partial charge < -0.3 is 9.73 Å². The van der Waals surface area contributed by atoms with E-state index in [-0.39, 0.29) is 12.1 Å². The van der Waals surface area contributed by atoms with Gasteiger partial charge in [-0.3, -0.25) is 4.79 Å². The number of benzene rings is 2. The first-order valence-corrected chi connectivity index (χ1v) is 8.22. The van der Waals surface area contributed by atoms with E-state index in [4.69, 9.17) is 4.42 Å². The molecule has 3 aromatic rings. The molecular formula is C20H18F3NO2. The van der Waals surface area contributed by atoms with Crippen LogP contribution >= 0.6 is 0 Å². The summed E-state index contributed by atoms with van der Waals surface area (Å²) in [6.45, 7) is 4.11. The van der Waals surface area contributed by atoms with Gasteiger partial charge in [0.2, 0.25) is 5.91 Å². The molecule has 3 rings (SSSR count). The zero-order valence-corrected chi connectivity index (χ0v) is 14.4. The number of carbonyl (C=O) groups excluding carboxylic acids is 1. The maximum Gasteiger partial charge on any atom is 0.418 e. The fourth-order valence-corrected chi connectivity index (χ4v) is 2.80. The van der Waals surface area contributed by atoms with Crippen LogP contribution in [0.3, 0.4) is 0 Å². The monoisotopic (exact) mass is 361 g/mol. The molecule has 2 aromatic carbocycles. The predicted octanol–water partition coefficient (Wildman–Crippen LogP) is 5.76. The van der Waals surface area contributed by atoms with Gasteiger partial charge in [0.25, 0.3) is 0 Å². The van der Waals surface area contributed by atoms with E-state index in [0.717, 1.165) is 17.0 Å². The normalized spacial score (nSPS) is 11.9. The maximum absolute atomic E-state index is 13.0. The lowest BCUT2D eigenvalue weighted by Gasteiger charge is -2.13. The number of rotatable bonds is 4. The summed E-state index contributed by atoms with van der Waals surface area (Å²) in [5.41, 5.74) is 1.27. The highest BCUT2D eigenvalue weighted by Crippen LogP contribution is 2.34. The average molecular weight is 361 g/mol. The third kappa shape index (κ3) is 3.74. The molecule has 0 fully saturated rings. The lowest BCUT2D eigenvalue weighted by atomic mass is 10.00. The highest BCUT2D eigenvalue weighted by atomic mass is 19.4. The van der Waals surface area contributed by atoms with Gasteiger partial charge >= 0.3 is 6.18 Å². The van der Waals surface area contributed by atoms with Crippen LogP contribution in [0.1, 0.15) is 36.5 Å². The molecule has 0 bridgehead atoms. The minimum absolute atomic E-state index is 0.0687. The number of alkyl halides is 3. The second-order valence-corrected chi connectivity index (χ2v) is 6.44. The Morgan fingerprint density at radius 2 is 1.88 bits per heavy atom. The number of fused-ring (bicyclic) bond motifs is 1. The Morgan fingerprint density at radius 1 is 1.15 bits per heavy atom. The summed E-state index contributed by atoms with van der Waals surface area (Å²) in [4.78, 5) is 12.3. The average Bonchev–Trinajstić information content (AvgIpc) is 2.96. The largest absolute Gasteiger partial charge is 0.464 e. The molecule has 136 valence electrons. The van der Waals surface area contributed by atoms with Crippen LogP contribution in [0.4, 0.5) is 18.9 Å². The van der Waals surface area contributed by atoms with Crippen molar-refractivity contribution in [2.45, 2.75) is 32.4 Å². The summed E-state index contributed by atoms with van der Waals surface area (Å²) in [6, 6.07) is 10.7. The molecule has 0 radical (unpaired) electrons. The third-order valence-electron chi connectivity index (χ3n) is 4.20. The van der Waals surface area contributed by atoms with E-state index in [1.165, 1.54) is 24.5 Å². The Labute approximate surface area is 148 Å². The van der Waals surface area contributed by atoms with Crippen LogP contribution in [-0.2, 0) is 17.4 Å². The van der Waals surface area contributed by atoms with E-state index in [9.17, 15) is 18.0 Å². The van der Waals surface area contributed by atoms with Crippen LogP contribution < -0.4 is 5.32 Å². The SMILES string of the molecule is CC(C)c1ccc2occ(CC(=O)Nc3ccccc3C(F)(F)F)c2c1. The molecule has 0 unspecified atom stereocenters. The van der Waals surface area contributed by atoms with Crippen LogP contribution in [-0.4, -0.2) is 5.91 Å². The molecule has 0 saturated heterocycles. The number of furan rings is 1. The van der Waals surface area contributed by atoms with Gasteiger partial charge in [-0.1, -0.05) is 32.0 Å². The summed E-state index contributed by atoms with van der Waals surface area (Å²) in [5, 5.41) is 3.16. The molecule has 3 nitrogen and oxygen atoms in total. The van der Waals surface area contributed by atoms with E-state index in [0.29, 0.717) is 17.1 Å². The number of anilines is 1. The van der Waals surface area contributed by atoms with Crippen molar-refractivity contribution in [3.05, 3.63) is 65.4 Å². The number of halogens is 3. The molecule has 0 aliphatic carbocycles. The Kier molecular flexibility index (Phi) is 4.76. The van der Waals surface area contributed by atoms with Gasteiger partial charge in [-0.05, 0) is 35.7 Å². The molecule has 0 atom stereocenters. The molecule has 6 heteroatoms. The maximum atomic E-state index is 13.0. The molecule has 1 amide bonds. The highest BCUT2D eigenvalue weighted by molar-refractivity contribution is 5.96. The van der Waals surface area contributed by atoms with Gasteiger partial charge in [0.05, 0.1) is 23.9 Å². The summed E-state index contributed by atoms with van der Waals surface area (Å²) >= 11 is 0. The van der Waals surface area contributed by atoms with Crippen molar-refractivity contribution in [2.75, 3.05) is 5.32 Å². The van der Waals surface area contributed by atoms with Crippen molar-refractivity contribution >= 4 is 22.6 Å². The molecule has 0 aliphatic rings. The van der Waals surface area contributed by atoms with Gasteiger partial charge in [0.15, 0.2) is 0 Å². The number of hydrogen-bond acceptors (Lipinski definition) is 2. The molecule has 0 saturated carbocycles. The van der Waals surface area contributed by atoms with E-state index < -0.39 is 17.6 Å². The van der Waals surface area contributed by atoms with E-state index in [1.807, 2.05) is 18.2 Å². The number of para-hydroxylation sites is 1.